The van der Waals surface area contributed by atoms with Crippen LogP contribution in [-0.2, 0) is 6.54 Å². The molecular formula is C12H18FNO2. The maximum Gasteiger partial charge on any atom is 0.165 e. The number of benzene rings is 1. The minimum atomic E-state index is -0.811. The highest BCUT2D eigenvalue weighted by Gasteiger charge is 2.14. The van der Waals surface area contributed by atoms with Crippen molar-refractivity contribution in [2.45, 2.75) is 32.4 Å². The fourth-order valence-electron chi connectivity index (χ4n) is 1.28. The molecule has 0 aliphatic heterocycles. The Morgan fingerprint density at radius 3 is 2.69 bits per heavy atom. The van der Waals surface area contributed by atoms with Crippen LogP contribution < -0.4 is 10.5 Å². The van der Waals surface area contributed by atoms with E-state index >= 15 is 0 Å². The third-order valence-electron chi connectivity index (χ3n) is 2.23. The number of nitrogens with two attached hydrogens (primary N) is 1. The lowest BCUT2D eigenvalue weighted by atomic mass is 10.1. The van der Waals surface area contributed by atoms with E-state index in [9.17, 15) is 9.50 Å². The summed E-state index contributed by atoms with van der Waals surface area (Å²) in [4.78, 5) is 0. The van der Waals surface area contributed by atoms with Crippen LogP contribution in [-0.4, -0.2) is 17.3 Å². The molecule has 0 radical (unpaired) electrons. The topological polar surface area (TPSA) is 55.5 Å². The third-order valence-corrected chi connectivity index (χ3v) is 2.23. The molecule has 0 spiro atoms. The molecule has 0 aromatic heterocycles. The second kappa shape index (κ2) is 5.27. The zero-order chi connectivity index (χ0) is 12.2. The lowest BCUT2D eigenvalue weighted by Gasteiger charge is -2.18. The fourth-order valence-corrected chi connectivity index (χ4v) is 1.28. The van der Waals surface area contributed by atoms with Gasteiger partial charge in [0.2, 0.25) is 0 Å². The summed E-state index contributed by atoms with van der Waals surface area (Å²) < 4.78 is 18.7. The highest BCUT2D eigenvalue weighted by Crippen LogP contribution is 2.23. The second-order valence-corrected chi connectivity index (χ2v) is 4.34. The van der Waals surface area contributed by atoms with Crippen molar-refractivity contribution in [3.05, 3.63) is 29.6 Å². The Kier molecular flexibility index (Phi) is 4.26. The molecule has 0 unspecified atom stereocenters. The van der Waals surface area contributed by atoms with Gasteiger partial charge in [-0.15, -0.1) is 0 Å². The van der Waals surface area contributed by atoms with Gasteiger partial charge in [0, 0.05) is 18.5 Å². The van der Waals surface area contributed by atoms with Gasteiger partial charge in [-0.25, -0.2) is 4.39 Å². The predicted molar refractivity (Wildman–Crippen MR) is 60.7 cm³/mol. The number of hydrogen-bond donors (Lipinski definition) is 2. The smallest absolute Gasteiger partial charge is 0.165 e. The van der Waals surface area contributed by atoms with E-state index < -0.39 is 11.4 Å². The van der Waals surface area contributed by atoms with Gasteiger partial charge < -0.3 is 15.6 Å². The average Bonchev–Trinajstić information content (AvgIpc) is 2.18. The van der Waals surface area contributed by atoms with Crippen LogP contribution in [0.25, 0.3) is 0 Å². The first-order valence-electron chi connectivity index (χ1n) is 5.26. The van der Waals surface area contributed by atoms with E-state index in [4.69, 9.17) is 10.5 Å². The number of halogens is 1. The molecule has 0 heterocycles. The summed E-state index contributed by atoms with van der Waals surface area (Å²) in [5.41, 5.74) is 5.30. The summed E-state index contributed by atoms with van der Waals surface area (Å²) in [7, 11) is 0. The van der Waals surface area contributed by atoms with Gasteiger partial charge >= 0.3 is 0 Å². The SMILES string of the molecule is CC(C)(O)CCOc1c(F)cccc1CN. The molecule has 0 atom stereocenters. The molecule has 3 nitrogen and oxygen atoms in total. The lowest BCUT2D eigenvalue weighted by Crippen LogP contribution is -2.22. The molecule has 0 saturated carbocycles. The molecule has 0 saturated heterocycles. The maximum absolute atomic E-state index is 13.4. The largest absolute Gasteiger partial charge is 0.490 e. The van der Waals surface area contributed by atoms with Gasteiger partial charge in [0.1, 0.15) is 0 Å². The van der Waals surface area contributed by atoms with Gasteiger partial charge in [-0.05, 0) is 19.9 Å². The van der Waals surface area contributed by atoms with Crippen LogP contribution in [0.2, 0.25) is 0 Å². The molecule has 0 aliphatic carbocycles. The molecule has 0 fully saturated rings. The van der Waals surface area contributed by atoms with Crippen molar-refractivity contribution in [3.8, 4) is 5.75 Å². The number of hydrogen-bond acceptors (Lipinski definition) is 3. The normalized spacial score (nSPS) is 11.6. The minimum absolute atomic E-state index is 0.189. The molecule has 3 N–H and O–H groups in total. The summed E-state index contributed by atoms with van der Waals surface area (Å²) in [6.45, 7) is 3.86. The summed E-state index contributed by atoms with van der Waals surface area (Å²) in [6.07, 6.45) is 0.436. The Hall–Kier alpha value is -1.13. The highest BCUT2D eigenvalue weighted by atomic mass is 19.1. The van der Waals surface area contributed by atoms with Crippen LogP contribution in [0, 0.1) is 5.82 Å². The predicted octanol–water partition coefficient (Wildman–Crippen LogP) is 1.82. The van der Waals surface area contributed by atoms with Crippen molar-refractivity contribution in [2.24, 2.45) is 5.73 Å². The zero-order valence-electron chi connectivity index (χ0n) is 9.66. The Labute approximate surface area is 95.0 Å². The quantitative estimate of drug-likeness (QED) is 0.806. The van der Waals surface area contributed by atoms with E-state index in [-0.39, 0.29) is 18.9 Å². The van der Waals surface area contributed by atoms with Crippen molar-refractivity contribution < 1.29 is 14.2 Å². The van der Waals surface area contributed by atoms with E-state index in [1.165, 1.54) is 6.07 Å². The number of rotatable bonds is 5. The van der Waals surface area contributed by atoms with Gasteiger partial charge in [-0.2, -0.15) is 0 Å². The van der Waals surface area contributed by atoms with Crippen LogP contribution in [0.1, 0.15) is 25.8 Å². The minimum Gasteiger partial charge on any atom is -0.490 e. The van der Waals surface area contributed by atoms with Gasteiger partial charge in [0.25, 0.3) is 0 Å². The molecule has 0 aliphatic rings. The molecule has 1 rings (SSSR count). The average molecular weight is 227 g/mol. The number of aliphatic hydroxyl groups is 1. The van der Waals surface area contributed by atoms with E-state index in [0.29, 0.717) is 12.0 Å². The third kappa shape index (κ3) is 3.79. The second-order valence-electron chi connectivity index (χ2n) is 4.34. The summed E-state index contributed by atoms with van der Waals surface area (Å²) in [5, 5.41) is 9.49. The van der Waals surface area contributed by atoms with Crippen LogP contribution >= 0.6 is 0 Å². The maximum atomic E-state index is 13.4. The molecule has 4 heteroatoms. The van der Waals surface area contributed by atoms with Gasteiger partial charge in [0.15, 0.2) is 11.6 Å². The number of para-hydroxylation sites is 1. The lowest BCUT2D eigenvalue weighted by molar-refractivity contribution is 0.0546. The summed E-state index contributed by atoms with van der Waals surface area (Å²) >= 11 is 0. The Morgan fingerprint density at radius 2 is 2.12 bits per heavy atom. The fraction of sp³-hybridized carbons (Fsp3) is 0.500. The standard InChI is InChI=1S/C12H18FNO2/c1-12(2,15)6-7-16-11-9(8-14)4-3-5-10(11)13/h3-5,15H,6-8,14H2,1-2H3. The highest BCUT2D eigenvalue weighted by molar-refractivity contribution is 5.34. The molecule has 0 bridgehead atoms. The first-order valence-corrected chi connectivity index (χ1v) is 5.26. The molecule has 0 amide bonds. The first-order chi connectivity index (χ1) is 7.44. The van der Waals surface area contributed by atoms with Crippen molar-refractivity contribution in [1.82, 2.24) is 0 Å². The molecule has 90 valence electrons. The Bertz CT molecular complexity index is 347. The van der Waals surface area contributed by atoms with E-state index in [2.05, 4.69) is 0 Å². The van der Waals surface area contributed by atoms with Crippen molar-refractivity contribution in [3.63, 3.8) is 0 Å². The Morgan fingerprint density at radius 1 is 1.44 bits per heavy atom. The van der Waals surface area contributed by atoms with E-state index in [1.54, 1.807) is 26.0 Å². The monoisotopic (exact) mass is 227 g/mol. The van der Waals surface area contributed by atoms with Crippen LogP contribution in [0.5, 0.6) is 5.75 Å². The first kappa shape index (κ1) is 12.9. The van der Waals surface area contributed by atoms with Crippen molar-refractivity contribution >= 4 is 0 Å². The van der Waals surface area contributed by atoms with Crippen LogP contribution in [0.4, 0.5) is 4.39 Å². The molecular weight excluding hydrogens is 209 g/mol. The van der Waals surface area contributed by atoms with E-state index in [1.807, 2.05) is 0 Å². The van der Waals surface area contributed by atoms with E-state index in [0.717, 1.165) is 0 Å². The van der Waals surface area contributed by atoms with Gasteiger partial charge in [-0.1, -0.05) is 12.1 Å². The van der Waals surface area contributed by atoms with Crippen LogP contribution in [0.15, 0.2) is 18.2 Å². The molecule has 16 heavy (non-hydrogen) atoms. The summed E-state index contributed by atoms with van der Waals surface area (Å²) in [5.74, 6) is -0.229. The van der Waals surface area contributed by atoms with Crippen molar-refractivity contribution in [1.29, 1.82) is 0 Å². The van der Waals surface area contributed by atoms with Gasteiger partial charge in [-0.3, -0.25) is 0 Å². The summed E-state index contributed by atoms with van der Waals surface area (Å²) in [6, 6.07) is 4.65. The molecule has 1 aromatic carbocycles. The molecule has 1 aromatic rings. The Balaban J connectivity index is 2.66. The zero-order valence-corrected chi connectivity index (χ0v) is 9.66. The number of ether oxygens (including phenoxy) is 1. The van der Waals surface area contributed by atoms with Crippen LogP contribution in [0.3, 0.4) is 0 Å². The van der Waals surface area contributed by atoms with Crippen molar-refractivity contribution in [2.75, 3.05) is 6.61 Å². The van der Waals surface area contributed by atoms with Gasteiger partial charge in [0.05, 0.1) is 12.2 Å².